The Bertz CT molecular complexity index is 403. The minimum absolute atomic E-state index is 0.0316. The van der Waals surface area contributed by atoms with Gasteiger partial charge in [-0.2, -0.15) is 0 Å². The van der Waals surface area contributed by atoms with Crippen LogP contribution in [0.15, 0.2) is 28.7 Å². The molecule has 1 N–H and O–H groups in total. The number of halogens is 1. The number of carbonyl (C=O) groups is 2. The summed E-state index contributed by atoms with van der Waals surface area (Å²) in [5.41, 5.74) is 0.980. The lowest BCUT2D eigenvalue weighted by molar-refractivity contribution is -0.138. The van der Waals surface area contributed by atoms with Crippen molar-refractivity contribution in [3.8, 4) is 0 Å². The van der Waals surface area contributed by atoms with Gasteiger partial charge in [-0.25, -0.2) is 0 Å². The molecule has 0 spiro atoms. The molecule has 0 atom stereocenters. The molecule has 0 unspecified atom stereocenters. The van der Waals surface area contributed by atoms with E-state index in [0.29, 0.717) is 6.54 Å². The molecule has 1 amide bonds. The topological polar surface area (TPSA) is 57.6 Å². The fraction of sp³-hybridized carbons (Fsp3) is 0.333. The smallest absolute Gasteiger partial charge is 0.305 e. The number of amides is 1. The van der Waals surface area contributed by atoms with Gasteiger partial charge >= 0.3 is 5.97 Å². The fourth-order valence-corrected chi connectivity index (χ4v) is 1.65. The van der Waals surface area contributed by atoms with Gasteiger partial charge in [0.1, 0.15) is 0 Å². The number of carboxylic acid groups (broad SMARTS) is 1. The van der Waals surface area contributed by atoms with Crippen molar-refractivity contribution < 1.29 is 14.7 Å². The molecule has 0 aliphatic heterocycles. The number of nitrogens with zero attached hydrogens (tertiary/aromatic N) is 1. The quantitative estimate of drug-likeness (QED) is 0.907. The Morgan fingerprint density at radius 1 is 1.29 bits per heavy atom. The zero-order valence-electron chi connectivity index (χ0n) is 9.52. The Kier molecular flexibility index (Phi) is 5.15. The Morgan fingerprint density at radius 3 is 2.35 bits per heavy atom. The normalized spacial score (nSPS) is 10.0. The van der Waals surface area contributed by atoms with E-state index in [9.17, 15) is 9.59 Å². The van der Waals surface area contributed by atoms with Crippen LogP contribution in [0.1, 0.15) is 18.9 Å². The van der Waals surface area contributed by atoms with Gasteiger partial charge in [-0.05, 0) is 17.7 Å². The van der Waals surface area contributed by atoms with Gasteiger partial charge in [0.2, 0.25) is 5.91 Å². The molecule has 0 bridgehead atoms. The molecule has 0 saturated heterocycles. The van der Waals surface area contributed by atoms with Gasteiger partial charge < -0.3 is 10.0 Å². The van der Waals surface area contributed by atoms with Gasteiger partial charge in [0, 0.05) is 24.5 Å². The average molecular weight is 300 g/mol. The Hall–Kier alpha value is -1.36. The molecule has 92 valence electrons. The fourth-order valence-electron chi connectivity index (χ4n) is 1.39. The van der Waals surface area contributed by atoms with Crippen LogP contribution in [-0.2, 0) is 16.1 Å². The lowest BCUT2D eigenvalue weighted by atomic mass is 10.2. The Morgan fingerprint density at radius 2 is 1.88 bits per heavy atom. The molecule has 0 aliphatic carbocycles. The van der Waals surface area contributed by atoms with Crippen LogP contribution in [0.4, 0.5) is 0 Å². The molecule has 4 nitrogen and oxygen atoms in total. The molecule has 0 aliphatic rings. The van der Waals surface area contributed by atoms with Crippen molar-refractivity contribution in [2.45, 2.75) is 19.9 Å². The van der Waals surface area contributed by atoms with Crippen molar-refractivity contribution in [3.63, 3.8) is 0 Å². The Balaban J connectivity index is 2.63. The first kappa shape index (κ1) is 13.7. The van der Waals surface area contributed by atoms with Crippen molar-refractivity contribution in [2.24, 2.45) is 0 Å². The first-order valence-corrected chi connectivity index (χ1v) is 6.00. The highest BCUT2D eigenvalue weighted by Gasteiger charge is 2.11. The summed E-state index contributed by atoms with van der Waals surface area (Å²) >= 11 is 3.33. The van der Waals surface area contributed by atoms with E-state index in [4.69, 9.17) is 5.11 Å². The SMILES string of the molecule is CC(=O)N(CCC(=O)O)Cc1ccc(Br)cc1. The molecule has 0 heterocycles. The number of rotatable bonds is 5. The second-order valence-corrected chi connectivity index (χ2v) is 4.63. The number of hydrogen-bond donors (Lipinski definition) is 1. The van der Waals surface area contributed by atoms with E-state index in [1.165, 1.54) is 11.8 Å². The molecule has 1 aromatic rings. The average Bonchev–Trinajstić information content (AvgIpc) is 2.26. The number of hydrogen-bond acceptors (Lipinski definition) is 2. The van der Waals surface area contributed by atoms with E-state index in [1.807, 2.05) is 24.3 Å². The second kappa shape index (κ2) is 6.39. The van der Waals surface area contributed by atoms with Gasteiger partial charge in [-0.1, -0.05) is 28.1 Å². The molecule has 1 aromatic carbocycles. The molecule has 5 heteroatoms. The monoisotopic (exact) mass is 299 g/mol. The summed E-state index contributed by atoms with van der Waals surface area (Å²) in [5.74, 6) is -1.01. The highest BCUT2D eigenvalue weighted by Crippen LogP contribution is 2.12. The maximum Gasteiger partial charge on any atom is 0.305 e. The summed E-state index contributed by atoms with van der Waals surface area (Å²) in [6.45, 7) is 2.12. The van der Waals surface area contributed by atoms with E-state index < -0.39 is 5.97 Å². The lowest BCUT2D eigenvalue weighted by Crippen LogP contribution is -2.30. The molecule has 17 heavy (non-hydrogen) atoms. The van der Waals surface area contributed by atoms with E-state index in [0.717, 1.165) is 10.0 Å². The van der Waals surface area contributed by atoms with E-state index in [2.05, 4.69) is 15.9 Å². The number of carboxylic acids is 1. The molecule has 0 saturated carbocycles. The third kappa shape index (κ3) is 4.99. The predicted molar refractivity (Wildman–Crippen MR) is 67.5 cm³/mol. The van der Waals surface area contributed by atoms with Gasteiger partial charge in [0.25, 0.3) is 0 Å². The highest BCUT2D eigenvalue weighted by atomic mass is 79.9. The van der Waals surface area contributed by atoms with Crippen LogP contribution in [0.3, 0.4) is 0 Å². The summed E-state index contributed by atoms with van der Waals surface area (Å²) in [6, 6.07) is 7.59. The first-order chi connectivity index (χ1) is 7.99. The molecule has 1 rings (SSSR count). The van der Waals surface area contributed by atoms with Crippen LogP contribution in [0.25, 0.3) is 0 Å². The van der Waals surface area contributed by atoms with Crippen LogP contribution in [0.5, 0.6) is 0 Å². The number of carbonyl (C=O) groups excluding carboxylic acids is 1. The molecular weight excluding hydrogens is 286 g/mol. The molecule has 0 fully saturated rings. The summed E-state index contributed by atoms with van der Waals surface area (Å²) < 4.78 is 0.973. The van der Waals surface area contributed by atoms with Gasteiger partial charge in [0.05, 0.1) is 6.42 Å². The third-order valence-corrected chi connectivity index (χ3v) is 2.86. The number of benzene rings is 1. The summed E-state index contributed by atoms with van der Waals surface area (Å²) in [6.07, 6.45) is -0.0316. The van der Waals surface area contributed by atoms with Crippen LogP contribution >= 0.6 is 15.9 Å². The zero-order chi connectivity index (χ0) is 12.8. The van der Waals surface area contributed by atoms with Gasteiger partial charge in [0.15, 0.2) is 0 Å². The van der Waals surface area contributed by atoms with Crippen molar-refractivity contribution >= 4 is 27.8 Å². The summed E-state index contributed by atoms with van der Waals surface area (Å²) in [4.78, 5) is 23.4. The van der Waals surface area contributed by atoms with Crippen LogP contribution < -0.4 is 0 Å². The van der Waals surface area contributed by atoms with E-state index >= 15 is 0 Å². The maximum absolute atomic E-state index is 11.4. The van der Waals surface area contributed by atoms with Crippen molar-refractivity contribution in [2.75, 3.05) is 6.54 Å². The zero-order valence-corrected chi connectivity index (χ0v) is 11.1. The molecule has 0 radical (unpaired) electrons. The van der Waals surface area contributed by atoms with E-state index in [-0.39, 0.29) is 18.9 Å². The van der Waals surface area contributed by atoms with Crippen LogP contribution in [-0.4, -0.2) is 28.4 Å². The van der Waals surface area contributed by atoms with E-state index in [1.54, 1.807) is 0 Å². The van der Waals surface area contributed by atoms with Gasteiger partial charge in [-0.3, -0.25) is 9.59 Å². The largest absolute Gasteiger partial charge is 0.481 e. The predicted octanol–water partition coefficient (Wildman–Crippen LogP) is 2.27. The minimum Gasteiger partial charge on any atom is -0.481 e. The molecular formula is C12H14BrNO3. The van der Waals surface area contributed by atoms with Gasteiger partial charge in [-0.15, -0.1) is 0 Å². The van der Waals surface area contributed by atoms with Crippen LogP contribution in [0, 0.1) is 0 Å². The second-order valence-electron chi connectivity index (χ2n) is 3.71. The maximum atomic E-state index is 11.4. The minimum atomic E-state index is -0.896. The molecule has 0 aromatic heterocycles. The van der Waals surface area contributed by atoms with Crippen LogP contribution in [0.2, 0.25) is 0 Å². The summed E-state index contributed by atoms with van der Waals surface area (Å²) in [5, 5.41) is 8.60. The summed E-state index contributed by atoms with van der Waals surface area (Å²) in [7, 11) is 0. The standard InChI is InChI=1S/C12H14BrNO3/c1-9(15)14(7-6-12(16)17)8-10-2-4-11(13)5-3-10/h2-5H,6-8H2,1H3,(H,16,17). The lowest BCUT2D eigenvalue weighted by Gasteiger charge is -2.20. The highest BCUT2D eigenvalue weighted by molar-refractivity contribution is 9.10. The van der Waals surface area contributed by atoms with Crippen molar-refractivity contribution in [1.82, 2.24) is 4.90 Å². The van der Waals surface area contributed by atoms with Crippen molar-refractivity contribution in [1.29, 1.82) is 0 Å². The first-order valence-electron chi connectivity index (χ1n) is 5.21. The Labute approximate surface area is 108 Å². The third-order valence-electron chi connectivity index (χ3n) is 2.33. The number of aliphatic carboxylic acids is 1. The van der Waals surface area contributed by atoms with Crippen molar-refractivity contribution in [3.05, 3.63) is 34.3 Å².